The number of amides is 1. The number of nitrogens with one attached hydrogen (secondary N) is 2. The van der Waals surface area contributed by atoms with Crippen molar-refractivity contribution < 1.29 is 9.18 Å². The summed E-state index contributed by atoms with van der Waals surface area (Å²) in [5.74, 6) is -0.664. The van der Waals surface area contributed by atoms with E-state index in [9.17, 15) is 9.18 Å². The maximum absolute atomic E-state index is 13.1. The highest BCUT2D eigenvalue weighted by Gasteiger charge is 2.08. The van der Waals surface area contributed by atoms with E-state index in [1.807, 2.05) is 6.92 Å². The summed E-state index contributed by atoms with van der Waals surface area (Å²) in [7, 11) is 0. The molecule has 0 atom stereocenters. The van der Waals surface area contributed by atoms with Crippen LogP contribution < -0.4 is 16.4 Å². The van der Waals surface area contributed by atoms with Crippen LogP contribution in [0.3, 0.4) is 0 Å². The number of carbonyl (C=O) groups is 1. The number of carbonyl (C=O) groups excluding carboxylic acids is 1. The lowest BCUT2D eigenvalue weighted by molar-refractivity contribution is 0.0956. The van der Waals surface area contributed by atoms with Crippen LogP contribution in [0.1, 0.15) is 17.3 Å². The number of rotatable bonds is 4. The van der Waals surface area contributed by atoms with Gasteiger partial charge in [-0.3, -0.25) is 4.79 Å². The van der Waals surface area contributed by atoms with Gasteiger partial charge in [-0.05, 0) is 43.3 Å². The van der Waals surface area contributed by atoms with Crippen LogP contribution >= 0.6 is 11.6 Å². The van der Waals surface area contributed by atoms with Crippen molar-refractivity contribution in [1.82, 2.24) is 5.32 Å². The predicted octanol–water partition coefficient (Wildman–Crippen LogP) is 3.55. The number of halogens is 2. The van der Waals surface area contributed by atoms with E-state index in [0.717, 1.165) is 0 Å². The molecule has 0 bridgehead atoms. The molecule has 0 spiro atoms. The molecule has 0 aromatic heterocycles. The van der Waals surface area contributed by atoms with E-state index in [4.69, 9.17) is 17.3 Å². The van der Waals surface area contributed by atoms with Crippen LogP contribution in [0.4, 0.5) is 21.5 Å². The molecule has 0 aliphatic rings. The Labute approximate surface area is 127 Å². The van der Waals surface area contributed by atoms with Crippen LogP contribution in [0.2, 0.25) is 5.02 Å². The van der Waals surface area contributed by atoms with Gasteiger partial charge in [-0.15, -0.1) is 0 Å². The quantitative estimate of drug-likeness (QED) is 0.757. The van der Waals surface area contributed by atoms with Gasteiger partial charge in [0.2, 0.25) is 0 Å². The number of benzene rings is 2. The Morgan fingerprint density at radius 3 is 2.67 bits per heavy atom. The first-order valence-corrected chi connectivity index (χ1v) is 6.79. The Morgan fingerprint density at radius 1 is 1.29 bits per heavy atom. The molecule has 2 rings (SSSR count). The van der Waals surface area contributed by atoms with E-state index >= 15 is 0 Å². The molecule has 4 nitrogen and oxygen atoms in total. The van der Waals surface area contributed by atoms with Crippen molar-refractivity contribution in [2.24, 2.45) is 0 Å². The molecule has 0 heterocycles. The molecule has 110 valence electrons. The molecular formula is C15H15ClFN3O. The van der Waals surface area contributed by atoms with Gasteiger partial charge in [-0.1, -0.05) is 11.6 Å². The zero-order chi connectivity index (χ0) is 15.4. The first kappa shape index (κ1) is 15.1. The van der Waals surface area contributed by atoms with Gasteiger partial charge in [-0.2, -0.15) is 0 Å². The summed E-state index contributed by atoms with van der Waals surface area (Å²) in [6.07, 6.45) is 0. The lowest BCUT2D eigenvalue weighted by Gasteiger charge is -2.11. The number of hydrogen-bond acceptors (Lipinski definition) is 3. The molecule has 4 N–H and O–H groups in total. The van der Waals surface area contributed by atoms with E-state index in [1.54, 1.807) is 24.3 Å². The van der Waals surface area contributed by atoms with Crippen molar-refractivity contribution in [3.05, 3.63) is 52.8 Å². The summed E-state index contributed by atoms with van der Waals surface area (Å²) >= 11 is 5.72. The minimum absolute atomic E-state index is 0.0255. The third-order valence-electron chi connectivity index (χ3n) is 2.85. The lowest BCUT2D eigenvalue weighted by Crippen LogP contribution is -2.22. The Kier molecular flexibility index (Phi) is 4.65. The van der Waals surface area contributed by atoms with Gasteiger partial charge in [0.1, 0.15) is 5.82 Å². The minimum atomic E-state index is -0.484. The molecule has 21 heavy (non-hydrogen) atoms. The predicted molar refractivity (Wildman–Crippen MR) is 83.6 cm³/mol. The van der Waals surface area contributed by atoms with Gasteiger partial charge in [0, 0.05) is 17.8 Å². The van der Waals surface area contributed by atoms with E-state index in [0.29, 0.717) is 29.2 Å². The maximum atomic E-state index is 13.1. The van der Waals surface area contributed by atoms with Crippen molar-refractivity contribution in [3.63, 3.8) is 0 Å². The molecule has 0 fully saturated rings. The van der Waals surface area contributed by atoms with Crippen molar-refractivity contribution in [1.29, 1.82) is 0 Å². The van der Waals surface area contributed by atoms with Crippen molar-refractivity contribution in [3.8, 4) is 0 Å². The highest BCUT2D eigenvalue weighted by atomic mass is 35.5. The molecule has 6 heteroatoms. The van der Waals surface area contributed by atoms with Crippen LogP contribution in [0.5, 0.6) is 0 Å². The maximum Gasteiger partial charge on any atom is 0.251 e. The first-order chi connectivity index (χ1) is 10.0. The van der Waals surface area contributed by atoms with Crippen molar-refractivity contribution in [2.45, 2.75) is 6.92 Å². The highest BCUT2D eigenvalue weighted by molar-refractivity contribution is 6.31. The largest absolute Gasteiger partial charge is 0.397 e. The van der Waals surface area contributed by atoms with Crippen LogP contribution in [-0.4, -0.2) is 12.5 Å². The molecule has 0 radical (unpaired) electrons. The highest BCUT2D eigenvalue weighted by Crippen LogP contribution is 2.26. The zero-order valence-electron chi connectivity index (χ0n) is 11.4. The molecule has 0 aliphatic carbocycles. The summed E-state index contributed by atoms with van der Waals surface area (Å²) in [6.45, 7) is 2.39. The molecule has 2 aromatic carbocycles. The SMILES string of the molecule is CCNC(=O)c1ccc(Nc2ccc(F)c(Cl)c2)c(N)c1. The standard InChI is InChI=1S/C15H15ClFN3O/c1-2-19-15(21)9-3-6-14(13(18)7-9)20-10-4-5-12(17)11(16)8-10/h3-8,20H,2,18H2,1H3,(H,19,21). The third-order valence-corrected chi connectivity index (χ3v) is 3.14. The molecule has 1 amide bonds. The Hall–Kier alpha value is -2.27. The van der Waals surface area contributed by atoms with E-state index in [1.165, 1.54) is 12.1 Å². The topological polar surface area (TPSA) is 67.2 Å². The van der Waals surface area contributed by atoms with Crippen LogP contribution in [0.25, 0.3) is 0 Å². The summed E-state index contributed by atoms with van der Waals surface area (Å²) < 4.78 is 13.1. The Bertz CT molecular complexity index is 676. The number of nitrogens with two attached hydrogens (primary N) is 1. The molecule has 0 aliphatic heterocycles. The second kappa shape index (κ2) is 6.45. The van der Waals surface area contributed by atoms with Crippen LogP contribution in [0.15, 0.2) is 36.4 Å². The fourth-order valence-electron chi connectivity index (χ4n) is 1.81. The Morgan fingerprint density at radius 2 is 2.05 bits per heavy atom. The van der Waals surface area contributed by atoms with Gasteiger partial charge >= 0.3 is 0 Å². The van der Waals surface area contributed by atoms with E-state index in [2.05, 4.69) is 10.6 Å². The average Bonchev–Trinajstić information content (AvgIpc) is 2.45. The summed E-state index contributed by atoms with van der Waals surface area (Å²) in [6, 6.07) is 9.22. The number of hydrogen-bond donors (Lipinski definition) is 3. The van der Waals surface area contributed by atoms with Gasteiger partial charge in [0.25, 0.3) is 5.91 Å². The fraction of sp³-hybridized carbons (Fsp3) is 0.133. The normalized spacial score (nSPS) is 10.2. The third kappa shape index (κ3) is 3.64. The van der Waals surface area contributed by atoms with Gasteiger partial charge in [0.15, 0.2) is 0 Å². The molecule has 2 aromatic rings. The monoisotopic (exact) mass is 307 g/mol. The summed E-state index contributed by atoms with van der Waals surface area (Å²) in [5.41, 5.74) is 8.05. The molecule has 0 unspecified atom stereocenters. The smallest absolute Gasteiger partial charge is 0.251 e. The lowest BCUT2D eigenvalue weighted by atomic mass is 10.1. The van der Waals surface area contributed by atoms with E-state index in [-0.39, 0.29) is 10.9 Å². The Balaban J connectivity index is 2.21. The van der Waals surface area contributed by atoms with Gasteiger partial charge < -0.3 is 16.4 Å². The molecule has 0 saturated carbocycles. The number of anilines is 3. The van der Waals surface area contributed by atoms with Crippen LogP contribution in [0, 0.1) is 5.82 Å². The molecule has 0 saturated heterocycles. The van der Waals surface area contributed by atoms with Crippen LogP contribution in [-0.2, 0) is 0 Å². The first-order valence-electron chi connectivity index (χ1n) is 6.41. The van der Waals surface area contributed by atoms with E-state index < -0.39 is 5.82 Å². The number of nitrogen functional groups attached to an aromatic ring is 1. The molecular weight excluding hydrogens is 293 g/mol. The summed E-state index contributed by atoms with van der Waals surface area (Å²) in [4.78, 5) is 11.7. The van der Waals surface area contributed by atoms with Crippen molar-refractivity contribution in [2.75, 3.05) is 17.6 Å². The average molecular weight is 308 g/mol. The summed E-state index contributed by atoms with van der Waals surface area (Å²) in [5, 5.41) is 5.75. The zero-order valence-corrected chi connectivity index (χ0v) is 12.2. The second-order valence-electron chi connectivity index (χ2n) is 4.42. The van der Waals surface area contributed by atoms with Gasteiger partial charge in [-0.25, -0.2) is 4.39 Å². The van der Waals surface area contributed by atoms with Gasteiger partial charge in [0.05, 0.1) is 16.4 Å². The second-order valence-corrected chi connectivity index (χ2v) is 4.82. The van der Waals surface area contributed by atoms with Crippen molar-refractivity contribution >= 4 is 34.6 Å². The fourth-order valence-corrected chi connectivity index (χ4v) is 1.99. The minimum Gasteiger partial charge on any atom is -0.397 e.